The maximum atomic E-state index is 12.3. The number of rotatable bonds is 2. The zero-order valence-corrected chi connectivity index (χ0v) is 15.3. The number of aromatic nitrogens is 1. The van der Waals surface area contributed by atoms with Crippen LogP contribution in [0.5, 0.6) is 0 Å². The Bertz CT molecular complexity index is 614. The van der Waals surface area contributed by atoms with Crippen LogP contribution in [0.3, 0.4) is 0 Å². The van der Waals surface area contributed by atoms with Gasteiger partial charge < -0.3 is 20.5 Å². The Labute approximate surface area is 149 Å². The lowest BCUT2D eigenvalue weighted by Crippen LogP contribution is -2.52. The van der Waals surface area contributed by atoms with Crippen LogP contribution in [0.4, 0.5) is 10.5 Å². The van der Waals surface area contributed by atoms with E-state index in [-0.39, 0.29) is 24.3 Å². The van der Waals surface area contributed by atoms with Gasteiger partial charge in [-0.25, -0.2) is 4.79 Å². The molecule has 2 heterocycles. The molecule has 3 N–H and O–H groups in total. The lowest BCUT2D eigenvalue weighted by Gasteiger charge is -2.45. The minimum Gasteiger partial charge on any atom is -0.444 e. The van der Waals surface area contributed by atoms with Gasteiger partial charge in [0, 0.05) is 23.7 Å². The van der Waals surface area contributed by atoms with Gasteiger partial charge in [-0.3, -0.25) is 4.98 Å². The second-order valence-electron chi connectivity index (χ2n) is 8.10. The normalized spacial score (nSPS) is 29.6. The quantitative estimate of drug-likeness (QED) is 0.854. The van der Waals surface area contributed by atoms with Gasteiger partial charge >= 0.3 is 6.09 Å². The highest BCUT2D eigenvalue weighted by Gasteiger charge is 2.41. The van der Waals surface area contributed by atoms with Crippen molar-refractivity contribution in [2.24, 2.45) is 5.92 Å². The van der Waals surface area contributed by atoms with Crippen molar-refractivity contribution in [1.82, 2.24) is 10.3 Å². The fourth-order valence-electron chi connectivity index (χ4n) is 3.96. The molecule has 6 heteroatoms. The molecule has 0 unspecified atom stereocenters. The van der Waals surface area contributed by atoms with E-state index in [1.807, 2.05) is 26.8 Å². The number of pyridine rings is 1. The van der Waals surface area contributed by atoms with Gasteiger partial charge in [0.05, 0.1) is 24.1 Å². The van der Waals surface area contributed by atoms with Crippen molar-refractivity contribution in [2.45, 2.75) is 76.7 Å². The molecular formula is C19H29N3O3. The molecular weight excluding hydrogens is 318 g/mol. The average molecular weight is 347 g/mol. The third-order valence-corrected chi connectivity index (χ3v) is 5.01. The highest BCUT2D eigenvalue weighted by Crippen LogP contribution is 2.42. The summed E-state index contributed by atoms with van der Waals surface area (Å²) >= 11 is 0. The van der Waals surface area contributed by atoms with Gasteiger partial charge in [-0.15, -0.1) is 0 Å². The summed E-state index contributed by atoms with van der Waals surface area (Å²) in [5.74, 6) is 0.334. The smallest absolute Gasteiger partial charge is 0.407 e. The van der Waals surface area contributed by atoms with Crippen LogP contribution in [0.2, 0.25) is 0 Å². The highest BCUT2D eigenvalue weighted by atomic mass is 16.6. The van der Waals surface area contributed by atoms with Crippen molar-refractivity contribution in [3.05, 3.63) is 24.0 Å². The first kappa shape index (κ1) is 18.0. The third-order valence-electron chi connectivity index (χ3n) is 5.01. The number of anilines is 1. The minimum atomic E-state index is -0.504. The van der Waals surface area contributed by atoms with E-state index >= 15 is 0 Å². The van der Waals surface area contributed by atoms with Gasteiger partial charge in [0.25, 0.3) is 0 Å². The van der Waals surface area contributed by atoms with Gasteiger partial charge in [-0.1, -0.05) is 12.8 Å². The summed E-state index contributed by atoms with van der Waals surface area (Å²) in [7, 11) is 0. The van der Waals surface area contributed by atoms with E-state index in [1.54, 1.807) is 12.4 Å². The van der Waals surface area contributed by atoms with Crippen molar-refractivity contribution in [3.8, 4) is 0 Å². The molecule has 1 saturated heterocycles. The van der Waals surface area contributed by atoms with E-state index in [0.29, 0.717) is 18.0 Å². The Balaban J connectivity index is 1.77. The molecule has 3 rings (SSSR count). The number of nitrogens with zero attached hydrogens (tertiary/aromatic N) is 1. The van der Waals surface area contributed by atoms with Gasteiger partial charge in [0.1, 0.15) is 5.60 Å². The lowest BCUT2D eigenvalue weighted by molar-refractivity contribution is -0.114. The maximum Gasteiger partial charge on any atom is 0.407 e. The molecule has 1 aromatic rings. The number of hydrogen-bond acceptors (Lipinski definition) is 5. The number of amides is 1. The Morgan fingerprint density at radius 1 is 1.36 bits per heavy atom. The van der Waals surface area contributed by atoms with Crippen molar-refractivity contribution < 1.29 is 14.3 Å². The maximum absolute atomic E-state index is 12.3. The molecule has 1 amide bonds. The first-order valence-corrected chi connectivity index (χ1v) is 9.18. The summed E-state index contributed by atoms with van der Waals surface area (Å²) in [6.07, 6.45) is 8.21. The molecule has 0 spiro atoms. The van der Waals surface area contributed by atoms with Gasteiger partial charge in [-0.2, -0.15) is 0 Å². The molecule has 1 aliphatic carbocycles. The Hall–Kier alpha value is -1.82. The van der Waals surface area contributed by atoms with Crippen LogP contribution < -0.4 is 11.1 Å². The number of carbonyl (C=O) groups is 1. The molecule has 2 fully saturated rings. The number of fused-ring (bicyclic) bond motifs is 1. The van der Waals surface area contributed by atoms with E-state index in [9.17, 15) is 4.79 Å². The predicted octanol–water partition coefficient (Wildman–Crippen LogP) is 3.58. The molecule has 1 aliphatic heterocycles. The molecule has 25 heavy (non-hydrogen) atoms. The number of nitrogens with two attached hydrogens (primary N) is 1. The van der Waals surface area contributed by atoms with E-state index < -0.39 is 5.60 Å². The van der Waals surface area contributed by atoms with E-state index in [1.165, 1.54) is 12.8 Å². The summed E-state index contributed by atoms with van der Waals surface area (Å²) in [6, 6.07) is 1.94. The molecule has 0 radical (unpaired) electrons. The second kappa shape index (κ2) is 7.20. The fourth-order valence-corrected chi connectivity index (χ4v) is 3.96. The average Bonchev–Trinajstić information content (AvgIpc) is 2.53. The highest BCUT2D eigenvalue weighted by molar-refractivity contribution is 5.68. The summed E-state index contributed by atoms with van der Waals surface area (Å²) in [5.41, 5.74) is 7.18. The SMILES string of the molecule is CC(C)(C)OC(=O)N[C@@H]1C[C@H](c2ccncc2N)O[C@@H]2CCCC[C@H]12. The predicted molar refractivity (Wildman–Crippen MR) is 96.0 cm³/mol. The van der Waals surface area contributed by atoms with Gasteiger partial charge in [0.2, 0.25) is 0 Å². The molecule has 1 aromatic heterocycles. The molecule has 4 atom stereocenters. The fraction of sp³-hybridized carbons (Fsp3) is 0.684. The zero-order valence-electron chi connectivity index (χ0n) is 15.3. The van der Waals surface area contributed by atoms with Crippen LogP contribution in [0, 0.1) is 5.92 Å². The summed E-state index contributed by atoms with van der Waals surface area (Å²) < 4.78 is 11.8. The lowest BCUT2D eigenvalue weighted by atomic mass is 9.76. The van der Waals surface area contributed by atoms with E-state index in [0.717, 1.165) is 18.4 Å². The van der Waals surface area contributed by atoms with Crippen LogP contribution >= 0.6 is 0 Å². The largest absolute Gasteiger partial charge is 0.444 e. The van der Waals surface area contributed by atoms with Crippen molar-refractivity contribution >= 4 is 11.8 Å². The second-order valence-corrected chi connectivity index (χ2v) is 8.10. The van der Waals surface area contributed by atoms with Crippen molar-refractivity contribution in [3.63, 3.8) is 0 Å². The van der Waals surface area contributed by atoms with Crippen LogP contribution in [0.1, 0.15) is 64.5 Å². The molecule has 0 aromatic carbocycles. The molecule has 0 bridgehead atoms. The van der Waals surface area contributed by atoms with Gasteiger partial charge in [-0.05, 0) is 46.1 Å². The standard InChI is InChI=1S/C19H29N3O3/c1-19(2,3)25-18(23)22-15-10-17(12-8-9-21-11-14(12)20)24-16-7-5-4-6-13(15)16/h8-9,11,13,15-17H,4-7,10,20H2,1-3H3,(H,22,23)/t13-,15-,16-,17-/m1/s1. The van der Waals surface area contributed by atoms with Crippen LogP contribution in [0.25, 0.3) is 0 Å². The number of nitrogens with one attached hydrogen (secondary N) is 1. The molecule has 138 valence electrons. The van der Waals surface area contributed by atoms with Gasteiger partial charge in [0.15, 0.2) is 0 Å². The number of carbonyl (C=O) groups excluding carboxylic acids is 1. The van der Waals surface area contributed by atoms with Crippen molar-refractivity contribution in [1.29, 1.82) is 0 Å². The topological polar surface area (TPSA) is 86.5 Å². The monoisotopic (exact) mass is 347 g/mol. The summed E-state index contributed by atoms with van der Waals surface area (Å²) in [4.78, 5) is 16.4. The summed E-state index contributed by atoms with van der Waals surface area (Å²) in [5, 5.41) is 3.10. The molecule has 2 aliphatic rings. The molecule has 1 saturated carbocycles. The number of ether oxygens (including phenoxy) is 2. The van der Waals surface area contributed by atoms with Crippen LogP contribution in [-0.2, 0) is 9.47 Å². The number of nitrogen functional groups attached to an aromatic ring is 1. The van der Waals surface area contributed by atoms with Crippen molar-refractivity contribution in [2.75, 3.05) is 5.73 Å². The third kappa shape index (κ3) is 4.42. The zero-order chi connectivity index (χ0) is 18.0. The van der Waals surface area contributed by atoms with E-state index in [4.69, 9.17) is 15.2 Å². The van der Waals surface area contributed by atoms with E-state index in [2.05, 4.69) is 10.3 Å². The Morgan fingerprint density at radius 2 is 2.12 bits per heavy atom. The number of alkyl carbamates (subject to hydrolysis) is 1. The summed E-state index contributed by atoms with van der Waals surface area (Å²) in [6.45, 7) is 5.63. The Kier molecular flexibility index (Phi) is 5.18. The first-order chi connectivity index (χ1) is 11.8. The first-order valence-electron chi connectivity index (χ1n) is 9.18. The number of hydrogen-bond donors (Lipinski definition) is 2. The Morgan fingerprint density at radius 3 is 2.84 bits per heavy atom. The van der Waals surface area contributed by atoms with Crippen LogP contribution in [-0.4, -0.2) is 28.8 Å². The minimum absolute atomic E-state index is 0.0338. The van der Waals surface area contributed by atoms with Crippen LogP contribution in [0.15, 0.2) is 18.5 Å². The molecule has 6 nitrogen and oxygen atoms in total.